The van der Waals surface area contributed by atoms with Crippen LogP contribution in [0.2, 0.25) is 0 Å². The molecule has 1 heterocycles. The maximum Gasteiger partial charge on any atom is 0.258 e. The highest BCUT2D eigenvalue weighted by Gasteiger charge is 2.07. The van der Waals surface area contributed by atoms with Crippen molar-refractivity contribution in [3.05, 3.63) is 47.8 Å². The van der Waals surface area contributed by atoms with E-state index >= 15 is 0 Å². The maximum absolute atomic E-state index is 11.8. The molecular formula is C11H11N5O. The summed E-state index contributed by atoms with van der Waals surface area (Å²) < 4.78 is 0. The summed E-state index contributed by atoms with van der Waals surface area (Å²) in [6, 6.07) is 7.06. The van der Waals surface area contributed by atoms with E-state index in [2.05, 4.69) is 20.5 Å². The lowest BCUT2D eigenvalue weighted by Gasteiger charge is -2.03. The fourth-order valence-electron chi connectivity index (χ4n) is 1.32. The molecule has 3 N–H and O–H groups in total. The molecule has 0 atom stereocenters. The molecule has 1 amide bonds. The molecule has 0 unspecified atom stereocenters. The van der Waals surface area contributed by atoms with E-state index in [4.69, 9.17) is 5.73 Å². The van der Waals surface area contributed by atoms with E-state index < -0.39 is 0 Å². The number of aromatic nitrogens is 3. The summed E-state index contributed by atoms with van der Waals surface area (Å²) in [7, 11) is 0. The second kappa shape index (κ2) is 5.13. The van der Waals surface area contributed by atoms with Crippen LogP contribution < -0.4 is 11.1 Å². The average molecular weight is 229 g/mol. The molecule has 0 saturated carbocycles. The molecule has 86 valence electrons. The normalized spacial score (nSPS) is 9.94. The highest BCUT2D eigenvalue weighted by Crippen LogP contribution is 2.06. The van der Waals surface area contributed by atoms with Gasteiger partial charge in [0.1, 0.15) is 0 Å². The fraction of sp³-hybridized carbons (Fsp3) is 0.0909. The molecule has 0 spiro atoms. The van der Waals surface area contributed by atoms with Crippen LogP contribution >= 0.6 is 0 Å². The lowest BCUT2D eigenvalue weighted by molar-refractivity contribution is 0.102. The Morgan fingerprint density at radius 1 is 1.35 bits per heavy atom. The lowest BCUT2D eigenvalue weighted by atomic mass is 10.1. The van der Waals surface area contributed by atoms with Gasteiger partial charge in [-0.1, -0.05) is 12.1 Å². The van der Waals surface area contributed by atoms with Crippen LogP contribution in [-0.2, 0) is 6.54 Å². The van der Waals surface area contributed by atoms with E-state index in [9.17, 15) is 4.79 Å². The van der Waals surface area contributed by atoms with Gasteiger partial charge in [0, 0.05) is 12.1 Å². The van der Waals surface area contributed by atoms with Crippen LogP contribution in [0, 0.1) is 0 Å². The Hall–Kier alpha value is -2.34. The Morgan fingerprint density at radius 2 is 2.24 bits per heavy atom. The summed E-state index contributed by atoms with van der Waals surface area (Å²) in [5, 5.41) is 9.83. The summed E-state index contributed by atoms with van der Waals surface area (Å²) in [4.78, 5) is 15.7. The van der Waals surface area contributed by atoms with Crippen LogP contribution in [0.15, 0.2) is 36.7 Å². The molecule has 1 aromatic heterocycles. The number of anilines is 1. The summed E-state index contributed by atoms with van der Waals surface area (Å²) in [6.07, 6.45) is 2.89. The van der Waals surface area contributed by atoms with Crippen molar-refractivity contribution in [1.82, 2.24) is 15.2 Å². The topological polar surface area (TPSA) is 93.8 Å². The zero-order chi connectivity index (χ0) is 12.1. The van der Waals surface area contributed by atoms with Crippen LogP contribution in [0.25, 0.3) is 0 Å². The molecule has 0 aliphatic heterocycles. The third kappa shape index (κ3) is 2.82. The highest BCUT2D eigenvalue weighted by atomic mass is 16.1. The van der Waals surface area contributed by atoms with Gasteiger partial charge in [-0.25, -0.2) is 4.98 Å². The van der Waals surface area contributed by atoms with Crippen molar-refractivity contribution in [3.8, 4) is 0 Å². The standard InChI is InChI=1S/C11H11N5O/c12-7-8-2-1-3-9(6-8)10(17)15-11-13-4-5-14-16-11/h1-6H,7,12H2,(H,13,15,16,17). The van der Waals surface area contributed by atoms with Crippen molar-refractivity contribution in [2.24, 2.45) is 5.73 Å². The van der Waals surface area contributed by atoms with Gasteiger partial charge in [0.2, 0.25) is 5.95 Å². The molecule has 2 aromatic rings. The van der Waals surface area contributed by atoms with E-state index in [1.54, 1.807) is 18.2 Å². The van der Waals surface area contributed by atoms with Gasteiger partial charge in [-0.2, -0.15) is 5.10 Å². The fourth-order valence-corrected chi connectivity index (χ4v) is 1.32. The number of amides is 1. The number of carbonyl (C=O) groups excluding carboxylic acids is 1. The molecule has 0 fully saturated rings. The molecule has 6 heteroatoms. The number of benzene rings is 1. The first kappa shape index (κ1) is 11.2. The van der Waals surface area contributed by atoms with Gasteiger partial charge in [0.25, 0.3) is 5.91 Å². The minimum absolute atomic E-state index is 0.177. The van der Waals surface area contributed by atoms with Gasteiger partial charge < -0.3 is 5.73 Å². The second-order valence-corrected chi connectivity index (χ2v) is 3.32. The molecule has 1 aromatic carbocycles. The van der Waals surface area contributed by atoms with Crippen molar-refractivity contribution in [3.63, 3.8) is 0 Å². The van der Waals surface area contributed by atoms with Crippen LogP contribution in [-0.4, -0.2) is 21.1 Å². The summed E-state index contributed by atoms with van der Waals surface area (Å²) >= 11 is 0. The first-order chi connectivity index (χ1) is 8.29. The SMILES string of the molecule is NCc1cccc(C(=O)Nc2nccnn2)c1. The summed E-state index contributed by atoms with van der Waals surface area (Å²) in [5.74, 6) is -0.107. The van der Waals surface area contributed by atoms with Gasteiger partial charge >= 0.3 is 0 Å². The van der Waals surface area contributed by atoms with Crippen molar-refractivity contribution >= 4 is 11.9 Å². The van der Waals surface area contributed by atoms with Gasteiger partial charge in [-0.3, -0.25) is 10.1 Å². The lowest BCUT2D eigenvalue weighted by Crippen LogP contribution is -2.14. The van der Waals surface area contributed by atoms with E-state index in [0.717, 1.165) is 5.56 Å². The number of nitrogens with two attached hydrogens (primary N) is 1. The van der Waals surface area contributed by atoms with E-state index in [1.807, 2.05) is 6.07 Å². The van der Waals surface area contributed by atoms with Crippen LogP contribution in [0.3, 0.4) is 0 Å². The monoisotopic (exact) mass is 229 g/mol. The average Bonchev–Trinajstić information content (AvgIpc) is 2.40. The predicted molar refractivity (Wildman–Crippen MR) is 62.1 cm³/mol. The summed E-state index contributed by atoms with van der Waals surface area (Å²) in [6.45, 7) is 0.393. The number of hydrogen-bond acceptors (Lipinski definition) is 5. The largest absolute Gasteiger partial charge is 0.326 e. The minimum Gasteiger partial charge on any atom is -0.326 e. The molecule has 17 heavy (non-hydrogen) atoms. The van der Waals surface area contributed by atoms with Crippen molar-refractivity contribution < 1.29 is 4.79 Å². The van der Waals surface area contributed by atoms with Crippen molar-refractivity contribution in [2.75, 3.05) is 5.32 Å². The molecule has 0 aliphatic rings. The molecule has 0 saturated heterocycles. The van der Waals surface area contributed by atoms with Gasteiger partial charge in [0.15, 0.2) is 0 Å². The Labute approximate surface area is 97.9 Å². The Morgan fingerprint density at radius 3 is 2.94 bits per heavy atom. The minimum atomic E-state index is -0.284. The number of nitrogens with zero attached hydrogens (tertiary/aromatic N) is 3. The second-order valence-electron chi connectivity index (χ2n) is 3.32. The number of nitrogens with one attached hydrogen (secondary N) is 1. The van der Waals surface area contributed by atoms with Crippen LogP contribution in [0.5, 0.6) is 0 Å². The molecule has 0 aliphatic carbocycles. The maximum atomic E-state index is 11.8. The molecule has 2 rings (SSSR count). The highest BCUT2D eigenvalue weighted by molar-refractivity contribution is 6.03. The molecule has 0 bridgehead atoms. The zero-order valence-corrected chi connectivity index (χ0v) is 9.00. The van der Waals surface area contributed by atoms with E-state index in [-0.39, 0.29) is 11.9 Å². The number of carbonyl (C=O) groups is 1. The molecular weight excluding hydrogens is 218 g/mol. The quantitative estimate of drug-likeness (QED) is 0.803. The Kier molecular flexibility index (Phi) is 3.37. The van der Waals surface area contributed by atoms with Crippen LogP contribution in [0.1, 0.15) is 15.9 Å². The van der Waals surface area contributed by atoms with Gasteiger partial charge in [-0.05, 0) is 17.7 Å². The van der Waals surface area contributed by atoms with Crippen molar-refractivity contribution in [1.29, 1.82) is 0 Å². The smallest absolute Gasteiger partial charge is 0.258 e. The Balaban J connectivity index is 2.14. The van der Waals surface area contributed by atoms with Gasteiger partial charge in [-0.15, -0.1) is 5.10 Å². The third-order valence-corrected chi connectivity index (χ3v) is 2.13. The molecule has 0 radical (unpaired) electrons. The number of rotatable bonds is 3. The predicted octanol–water partition coefficient (Wildman–Crippen LogP) is 0.583. The van der Waals surface area contributed by atoms with E-state index in [0.29, 0.717) is 12.1 Å². The first-order valence-electron chi connectivity index (χ1n) is 5.03. The van der Waals surface area contributed by atoms with Crippen LogP contribution in [0.4, 0.5) is 5.95 Å². The first-order valence-corrected chi connectivity index (χ1v) is 5.03. The molecule has 6 nitrogen and oxygen atoms in total. The van der Waals surface area contributed by atoms with Crippen molar-refractivity contribution in [2.45, 2.75) is 6.54 Å². The Bertz CT molecular complexity index is 514. The number of hydrogen-bond donors (Lipinski definition) is 2. The third-order valence-electron chi connectivity index (χ3n) is 2.13. The zero-order valence-electron chi connectivity index (χ0n) is 9.00. The van der Waals surface area contributed by atoms with Gasteiger partial charge in [0.05, 0.1) is 12.4 Å². The summed E-state index contributed by atoms with van der Waals surface area (Å²) in [5.41, 5.74) is 6.91. The van der Waals surface area contributed by atoms with E-state index in [1.165, 1.54) is 12.4 Å².